The van der Waals surface area contributed by atoms with Gasteiger partial charge in [0.2, 0.25) is 0 Å². The number of ether oxygens (including phenoxy) is 1. The molecule has 0 unspecified atom stereocenters. The number of benzene rings is 1. The predicted molar refractivity (Wildman–Crippen MR) is 67.1 cm³/mol. The lowest BCUT2D eigenvalue weighted by molar-refractivity contribution is -0.131. The number of carbonyl (C=O) groups is 1. The molecule has 0 aliphatic rings. The average molecular weight is 253 g/mol. The van der Waals surface area contributed by atoms with Crippen LogP contribution in [0.5, 0.6) is 5.75 Å². The molecule has 1 aromatic carbocycles. The van der Waals surface area contributed by atoms with E-state index in [4.69, 9.17) is 9.84 Å². The second kappa shape index (κ2) is 6.76. The Bertz CT molecular complexity index is 444. The van der Waals surface area contributed by atoms with Crippen molar-refractivity contribution in [2.45, 2.75) is 0 Å². The summed E-state index contributed by atoms with van der Waals surface area (Å²) in [6, 6.07) is 4.34. The van der Waals surface area contributed by atoms with Crippen LogP contribution in [-0.2, 0) is 4.79 Å². The predicted octanol–water partition coefficient (Wildman–Crippen LogP) is 1.86. The van der Waals surface area contributed by atoms with E-state index >= 15 is 0 Å². The first kappa shape index (κ1) is 14.2. The van der Waals surface area contributed by atoms with Crippen LogP contribution < -0.4 is 4.74 Å². The molecule has 1 rings (SSSR count). The molecule has 98 valence electrons. The van der Waals surface area contributed by atoms with Crippen molar-refractivity contribution in [3.63, 3.8) is 0 Å². The molecule has 18 heavy (non-hydrogen) atoms. The van der Waals surface area contributed by atoms with E-state index in [0.717, 1.165) is 6.08 Å². The molecule has 0 fully saturated rings. The third-order valence-electron chi connectivity index (χ3n) is 2.17. The molecule has 0 aliphatic carbocycles. The summed E-state index contributed by atoms with van der Waals surface area (Å²) in [6.45, 7) is 1.09. The van der Waals surface area contributed by atoms with Crippen molar-refractivity contribution >= 4 is 12.0 Å². The fourth-order valence-corrected chi connectivity index (χ4v) is 1.24. The van der Waals surface area contributed by atoms with Gasteiger partial charge in [0.05, 0.1) is 0 Å². The second-order valence-corrected chi connectivity index (χ2v) is 4.01. The number of halogens is 1. The van der Waals surface area contributed by atoms with Crippen LogP contribution in [0.15, 0.2) is 24.3 Å². The first-order chi connectivity index (χ1) is 8.49. The first-order valence-corrected chi connectivity index (χ1v) is 5.47. The van der Waals surface area contributed by atoms with Gasteiger partial charge < -0.3 is 14.7 Å². The van der Waals surface area contributed by atoms with Crippen molar-refractivity contribution < 1.29 is 19.0 Å². The molecule has 1 N–H and O–H groups in total. The summed E-state index contributed by atoms with van der Waals surface area (Å²) in [5.74, 6) is -1.40. The number of aliphatic carboxylic acids is 1. The Hall–Kier alpha value is -1.88. The molecule has 0 bridgehead atoms. The summed E-state index contributed by atoms with van der Waals surface area (Å²) < 4.78 is 18.9. The topological polar surface area (TPSA) is 49.8 Å². The van der Waals surface area contributed by atoms with Crippen LogP contribution in [0.2, 0.25) is 0 Å². The van der Waals surface area contributed by atoms with Crippen LogP contribution in [0.3, 0.4) is 0 Å². The highest BCUT2D eigenvalue weighted by Crippen LogP contribution is 2.19. The van der Waals surface area contributed by atoms with E-state index < -0.39 is 11.8 Å². The van der Waals surface area contributed by atoms with E-state index in [1.807, 2.05) is 19.0 Å². The zero-order chi connectivity index (χ0) is 13.5. The molecule has 0 heterocycles. The number of hydrogen-bond acceptors (Lipinski definition) is 3. The SMILES string of the molecule is CN(C)CCOc1ccc(/C=C/C(=O)O)cc1F. The van der Waals surface area contributed by atoms with Crippen molar-refractivity contribution in [2.24, 2.45) is 0 Å². The third-order valence-corrected chi connectivity index (χ3v) is 2.17. The second-order valence-electron chi connectivity index (χ2n) is 4.01. The summed E-state index contributed by atoms with van der Waals surface area (Å²) in [4.78, 5) is 12.3. The molecular formula is C13H16FNO3. The lowest BCUT2D eigenvalue weighted by Gasteiger charge is -2.11. The Morgan fingerprint density at radius 2 is 2.22 bits per heavy atom. The van der Waals surface area contributed by atoms with Crippen LogP contribution in [0, 0.1) is 5.82 Å². The van der Waals surface area contributed by atoms with Gasteiger partial charge in [-0.25, -0.2) is 9.18 Å². The monoisotopic (exact) mass is 253 g/mol. The number of nitrogens with zero attached hydrogens (tertiary/aromatic N) is 1. The molecule has 0 aromatic heterocycles. The molecule has 1 aromatic rings. The minimum absolute atomic E-state index is 0.171. The van der Waals surface area contributed by atoms with Crippen LogP contribution in [0.1, 0.15) is 5.56 Å². The molecule has 5 heteroatoms. The fraction of sp³-hybridized carbons (Fsp3) is 0.308. The van der Waals surface area contributed by atoms with Gasteiger partial charge in [-0.2, -0.15) is 0 Å². The lowest BCUT2D eigenvalue weighted by Crippen LogP contribution is -2.19. The highest BCUT2D eigenvalue weighted by Gasteiger charge is 2.04. The summed E-state index contributed by atoms with van der Waals surface area (Å²) in [5, 5.41) is 8.46. The Balaban J connectivity index is 2.65. The normalized spacial score (nSPS) is 11.1. The van der Waals surface area contributed by atoms with Gasteiger partial charge in [0.15, 0.2) is 11.6 Å². The van der Waals surface area contributed by atoms with E-state index in [-0.39, 0.29) is 5.75 Å². The zero-order valence-corrected chi connectivity index (χ0v) is 10.4. The number of rotatable bonds is 6. The minimum Gasteiger partial charge on any atom is -0.489 e. The van der Waals surface area contributed by atoms with E-state index in [2.05, 4.69) is 0 Å². The minimum atomic E-state index is -1.07. The summed E-state index contributed by atoms with van der Waals surface area (Å²) in [7, 11) is 3.80. The van der Waals surface area contributed by atoms with Crippen LogP contribution >= 0.6 is 0 Å². The van der Waals surface area contributed by atoms with Gasteiger partial charge in [-0.3, -0.25) is 0 Å². The zero-order valence-electron chi connectivity index (χ0n) is 10.4. The Morgan fingerprint density at radius 1 is 1.50 bits per heavy atom. The lowest BCUT2D eigenvalue weighted by atomic mass is 10.2. The molecule has 0 amide bonds. The largest absolute Gasteiger partial charge is 0.489 e. The van der Waals surface area contributed by atoms with Crippen molar-refractivity contribution in [2.75, 3.05) is 27.2 Å². The summed E-state index contributed by atoms with van der Waals surface area (Å²) >= 11 is 0. The van der Waals surface area contributed by atoms with E-state index in [1.165, 1.54) is 18.2 Å². The van der Waals surface area contributed by atoms with Gasteiger partial charge in [0.25, 0.3) is 0 Å². The van der Waals surface area contributed by atoms with E-state index in [0.29, 0.717) is 18.7 Å². The Morgan fingerprint density at radius 3 is 2.78 bits per heavy atom. The highest BCUT2D eigenvalue weighted by molar-refractivity contribution is 5.85. The maximum atomic E-state index is 13.6. The van der Waals surface area contributed by atoms with E-state index in [1.54, 1.807) is 6.07 Å². The molecule has 0 radical (unpaired) electrons. The van der Waals surface area contributed by atoms with Crippen LogP contribution in [-0.4, -0.2) is 43.2 Å². The smallest absolute Gasteiger partial charge is 0.328 e. The first-order valence-electron chi connectivity index (χ1n) is 5.47. The Kier molecular flexibility index (Phi) is 5.32. The molecule has 0 aliphatic heterocycles. The Labute approximate surface area is 105 Å². The average Bonchev–Trinajstić information content (AvgIpc) is 2.28. The van der Waals surface area contributed by atoms with Gasteiger partial charge in [0, 0.05) is 12.6 Å². The number of carboxylic acids is 1. The van der Waals surface area contributed by atoms with Crippen LogP contribution in [0.25, 0.3) is 6.08 Å². The third kappa shape index (κ3) is 4.97. The number of likely N-dealkylation sites (N-methyl/N-ethyl adjacent to an activating group) is 1. The molecule has 0 saturated heterocycles. The van der Waals surface area contributed by atoms with Gasteiger partial charge >= 0.3 is 5.97 Å². The van der Waals surface area contributed by atoms with Crippen molar-refractivity contribution in [1.82, 2.24) is 4.90 Å². The van der Waals surface area contributed by atoms with Gasteiger partial charge in [-0.05, 0) is 37.9 Å². The number of carboxylic acid groups (broad SMARTS) is 1. The standard InChI is InChI=1S/C13H16FNO3/c1-15(2)7-8-18-12-5-3-10(9-11(12)14)4-6-13(16)17/h3-6,9H,7-8H2,1-2H3,(H,16,17)/b6-4+. The molecule has 4 nitrogen and oxygen atoms in total. The van der Waals surface area contributed by atoms with E-state index in [9.17, 15) is 9.18 Å². The summed E-state index contributed by atoms with van der Waals surface area (Å²) in [5.41, 5.74) is 0.481. The maximum Gasteiger partial charge on any atom is 0.328 e. The van der Waals surface area contributed by atoms with Crippen molar-refractivity contribution in [3.05, 3.63) is 35.7 Å². The summed E-state index contributed by atoms with van der Waals surface area (Å²) in [6.07, 6.45) is 2.29. The number of hydrogen-bond donors (Lipinski definition) is 1. The molecular weight excluding hydrogens is 237 g/mol. The van der Waals surface area contributed by atoms with Crippen LogP contribution in [0.4, 0.5) is 4.39 Å². The highest BCUT2D eigenvalue weighted by atomic mass is 19.1. The maximum absolute atomic E-state index is 13.6. The van der Waals surface area contributed by atoms with Gasteiger partial charge in [-0.1, -0.05) is 6.07 Å². The van der Waals surface area contributed by atoms with Crippen molar-refractivity contribution in [1.29, 1.82) is 0 Å². The molecule has 0 saturated carbocycles. The van der Waals surface area contributed by atoms with Gasteiger partial charge in [-0.15, -0.1) is 0 Å². The van der Waals surface area contributed by atoms with Gasteiger partial charge in [0.1, 0.15) is 6.61 Å². The van der Waals surface area contributed by atoms with Crippen molar-refractivity contribution in [3.8, 4) is 5.75 Å². The fourth-order valence-electron chi connectivity index (χ4n) is 1.24. The quantitative estimate of drug-likeness (QED) is 0.786. The molecule has 0 spiro atoms. The molecule has 0 atom stereocenters.